The van der Waals surface area contributed by atoms with Gasteiger partial charge in [-0.2, -0.15) is 0 Å². The molecule has 2 atom stereocenters. The molecule has 0 aliphatic rings. The summed E-state index contributed by atoms with van der Waals surface area (Å²) in [6, 6.07) is 0. The molecule has 9 nitrogen and oxygen atoms in total. The van der Waals surface area contributed by atoms with Crippen molar-refractivity contribution in [1.29, 1.82) is 0 Å². The quantitative estimate of drug-likeness (QED) is 0.244. The average Bonchev–Trinajstić information content (AvgIpc) is 2.52. The Hall–Kier alpha value is -0.540. The fourth-order valence-corrected chi connectivity index (χ4v) is 2.29. The third kappa shape index (κ3) is 15.4. The van der Waals surface area contributed by atoms with Crippen LogP contribution in [0.1, 0.15) is 19.3 Å². The van der Waals surface area contributed by atoms with Gasteiger partial charge in [-0.1, -0.05) is 0 Å². The van der Waals surface area contributed by atoms with Crippen LogP contribution in [0.5, 0.6) is 0 Å². The summed E-state index contributed by atoms with van der Waals surface area (Å²) >= 11 is 0. The van der Waals surface area contributed by atoms with Crippen molar-refractivity contribution in [2.45, 2.75) is 25.4 Å². The number of nitrogens with zero attached hydrogens (tertiary/aromatic N) is 1. The van der Waals surface area contributed by atoms with E-state index in [4.69, 9.17) is 18.9 Å². The maximum atomic E-state index is 11.7. The van der Waals surface area contributed by atoms with E-state index >= 15 is 0 Å². The van der Waals surface area contributed by atoms with Gasteiger partial charge in [0.05, 0.1) is 40.9 Å². The van der Waals surface area contributed by atoms with Gasteiger partial charge >= 0.3 is 7.82 Å². The van der Waals surface area contributed by atoms with Crippen molar-refractivity contribution in [3.63, 3.8) is 0 Å². The Bertz CT molecular complexity index is 415. The van der Waals surface area contributed by atoms with Gasteiger partial charge in [0.25, 0.3) is 0 Å². The molecule has 0 heterocycles. The second-order valence-corrected chi connectivity index (χ2v) is 8.26. The molecule has 0 bridgehead atoms. The molecule has 0 rings (SSSR count). The minimum atomic E-state index is -4.01. The lowest BCUT2D eigenvalue weighted by Crippen LogP contribution is -2.36. The molecule has 10 heteroatoms. The van der Waals surface area contributed by atoms with Crippen molar-refractivity contribution in [1.82, 2.24) is 5.32 Å². The first-order chi connectivity index (χ1) is 11.6. The number of ether oxygens (including phenoxy) is 2. The van der Waals surface area contributed by atoms with E-state index in [1.807, 2.05) is 0 Å². The van der Waals surface area contributed by atoms with Crippen LogP contribution < -0.4 is 5.32 Å². The summed E-state index contributed by atoms with van der Waals surface area (Å²) in [5, 5.41) is 2.86. The number of quaternary nitrogens is 1. The molecule has 0 aromatic heterocycles. The Kier molecular flexibility index (Phi) is 12.5. The summed E-state index contributed by atoms with van der Waals surface area (Å²) in [4.78, 5) is 20.8. The SMILES string of the molecule is COC(COCCCNC(=O)CCC[N+](C)(C)C)COP(=O)(O)OC. The van der Waals surface area contributed by atoms with Gasteiger partial charge in [-0.3, -0.25) is 13.8 Å². The highest BCUT2D eigenvalue weighted by atomic mass is 31.2. The highest BCUT2D eigenvalue weighted by Gasteiger charge is 2.21. The van der Waals surface area contributed by atoms with Gasteiger partial charge in [-0.15, -0.1) is 0 Å². The zero-order valence-corrected chi connectivity index (χ0v) is 16.9. The lowest BCUT2D eigenvalue weighted by atomic mass is 10.2. The molecule has 25 heavy (non-hydrogen) atoms. The number of hydrogen-bond donors (Lipinski definition) is 2. The van der Waals surface area contributed by atoms with Crippen LogP contribution in [0.3, 0.4) is 0 Å². The van der Waals surface area contributed by atoms with Crippen LogP contribution in [0.2, 0.25) is 0 Å². The van der Waals surface area contributed by atoms with Gasteiger partial charge in [0.15, 0.2) is 0 Å². The molecule has 2 N–H and O–H groups in total. The molecule has 0 spiro atoms. The Morgan fingerprint density at radius 1 is 1.20 bits per heavy atom. The molecule has 0 saturated carbocycles. The van der Waals surface area contributed by atoms with Crippen LogP contribution >= 0.6 is 7.82 Å². The van der Waals surface area contributed by atoms with Gasteiger partial charge in [0.2, 0.25) is 5.91 Å². The predicted molar refractivity (Wildman–Crippen MR) is 94.2 cm³/mol. The Balaban J connectivity index is 3.67. The summed E-state index contributed by atoms with van der Waals surface area (Å²) in [6.07, 6.45) is 1.59. The van der Waals surface area contributed by atoms with Gasteiger partial charge in [0.1, 0.15) is 6.10 Å². The number of phosphoric acid groups is 1. The standard InChI is InChI=1S/C15H33N2O7P/c1-17(2,3)10-6-8-15(18)16-9-7-11-23-12-14(21-4)13-24-25(19,20)22-5/h14H,6-13H2,1-5H3,(H-,16,18,19,20)/p+1. The van der Waals surface area contributed by atoms with E-state index in [-0.39, 0.29) is 19.1 Å². The van der Waals surface area contributed by atoms with Gasteiger partial charge in [-0.05, 0) is 6.42 Å². The van der Waals surface area contributed by atoms with Crippen LogP contribution in [-0.4, -0.2) is 89.7 Å². The number of nitrogens with one attached hydrogen (secondary N) is 1. The molecular weight excluding hydrogens is 351 g/mol. The zero-order valence-electron chi connectivity index (χ0n) is 16.0. The normalized spacial score (nSPS) is 15.6. The van der Waals surface area contributed by atoms with Crippen molar-refractivity contribution in [3.8, 4) is 0 Å². The van der Waals surface area contributed by atoms with E-state index in [1.165, 1.54) is 7.11 Å². The van der Waals surface area contributed by atoms with Crippen LogP contribution in [0.15, 0.2) is 0 Å². The number of hydrogen-bond acceptors (Lipinski definition) is 6. The molecule has 0 saturated heterocycles. The lowest BCUT2D eigenvalue weighted by molar-refractivity contribution is -0.870. The molecule has 0 aromatic rings. The van der Waals surface area contributed by atoms with Gasteiger partial charge in [-0.25, -0.2) is 4.57 Å². The van der Waals surface area contributed by atoms with E-state index in [9.17, 15) is 9.36 Å². The van der Waals surface area contributed by atoms with E-state index in [2.05, 4.69) is 31.0 Å². The molecule has 0 aromatic carbocycles. The maximum absolute atomic E-state index is 11.7. The second-order valence-electron chi connectivity index (χ2n) is 6.70. The molecular formula is C15H34N2O7P+. The minimum Gasteiger partial charge on any atom is -0.379 e. The average molecular weight is 385 g/mol. The molecule has 0 aliphatic heterocycles. The van der Waals surface area contributed by atoms with Gasteiger partial charge in [0, 0.05) is 40.2 Å². The van der Waals surface area contributed by atoms with E-state index in [1.54, 1.807) is 0 Å². The Labute approximate surface area is 150 Å². The number of methoxy groups -OCH3 is 1. The summed E-state index contributed by atoms with van der Waals surface area (Å²) < 4.78 is 31.6. The minimum absolute atomic E-state index is 0.0508. The molecule has 0 radical (unpaired) electrons. The Morgan fingerprint density at radius 2 is 1.88 bits per heavy atom. The zero-order chi connectivity index (χ0) is 19.3. The van der Waals surface area contributed by atoms with Crippen molar-refractivity contribution < 1.29 is 37.3 Å². The molecule has 0 aliphatic carbocycles. The van der Waals surface area contributed by atoms with Crippen LogP contribution in [-0.2, 0) is 27.9 Å². The summed E-state index contributed by atoms with van der Waals surface area (Å²) in [5.74, 6) is 0.0508. The molecule has 0 fully saturated rings. The topological polar surface area (TPSA) is 103 Å². The van der Waals surface area contributed by atoms with Gasteiger partial charge < -0.3 is 24.2 Å². The van der Waals surface area contributed by atoms with Crippen LogP contribution in [0.4, 0.5) is 0 Å². The Morgan fingerprint density at radius 3 is 2.44 bits per heavy atom. The van der Waals surface area contributed by atoms with Crippen LogP contribution in [0.25, 0.3) is 0 Å². The highest BCUT2D eigenvalue weighted by Crippen LogP contribution is 2.41. The highest BCUT2D eigenvalue weighted by molar-refractivity contribution is 7.47. The van der Waals surface area contributed by atoms with Crippen molar-refractivity contribution in [3.05, 3.63) is 0 Å². The number of rotatable bonds is 15. The monoisotopic (exact) mass is 385 g/mol. The number of carbonyl (C=O) groups excluding carboxylic acids is 1. The number of phosphoric ester groups is 1. The first kappa shape index (κ1) is 24.5. The second kappa shape index (κ2) is 12.8. The van der Waals surface area contributed by atoms with E-state index in [0.717, 1.165) is 24.6 Å². The van der Waals surface area contributed by atoms with Crippen molar-refractivity contribution in [2.75, 3.05) is 68.3 Å². The maximum Gasteiger partial charge on any atom is 0.472 e. The number of carbonyl (C=O) groups is 1. The molecule has 2 unspecified atom stereocenters. The fourth-order valence-electron chi connectivity index (χ4n) is 1.83. The largest absolute Gasteiger partial charge is 0.472 e. The number of amides is 1. The first-order valence-electron chi connectivity index (χ1n) is 8.30. The third-order valence-corrected chi connectivity index (χ3v) is 4.25. The molecule has 1 amide bonds. The third-order valence-electron chi connectivity index (χ3n) is 3.31. The van der Waals surface area contributed by atoms with Crippen molar-refractivity contribution in [2.24, 2.45) is 0 Å². The lowest BCUT2D eigenvalue weighted by Gasteiger charge is -2.23. The summed E-state index contributed by atoms with van der Waals surface area (Å²) in [5.41, 5.74) is 0. The van der Waals surface area contributed by atoms with E-state index in [0.29, 0.717) is 26.0 Å². The fraction of sp³-hybridized carbons (Fsp3) is 0.933. The van der Waals surface area contributed by atoms with E-state index < -0.39 is 13.9 Å². The molecule has 150 valence electrons. The van der Waals surface area contributed by atoms with Crippen molar-refractivity contribution >= 4 is 13.7 Å². The van der Waals surface area contributed by atoms with Crippen LogP contribution in [0, 0.1) is 0 Å². The summed E-state index contributed by atoms with van der Waals surface area (Å²) in [6.45, 7) is 2.06. The summed E-state index contributed by atoms with van der Waals surface area (Å²) in [7, 11) is 4.85. The first-order valence-corrected chi connectivity index (χ1v) is 9.80. The smallest absolute Gasteiger partial charge is 0.379 e. The predicted octanol–water partition coefficient (Wildman–Crippen LogP) is 0.774.